The number of fused-ring (bicyclic) bond motifs is 1. The Morgan fingerprint density at radius 1 is 0.897 bits per heavy atom. The van der Waals surface area contributed by atoms with Gasteiger partial charge in [-0.15, -0.1) is 0 Å². The third-order valence-corrected chi connectivity index (χ3v) is 9.11. The van der Waals surface area contributed by atoms with E-state index in [1.54, 1.807) is 29.2 Å². The van der Waals surface area contributed by atoms with Crippen molar-refractivity contribution in [3.63, 3.8) is 0 Å². The fraction of sp³-hybridized carbons (Fsp3) is 0.500. The zero-order chi connectivity index (χ0) is 27.1. The minimum Gasteiger partial charge on any atom is -0.395 e. The lowest BCUT2D eigenvalue weighted by Gasteiger charge is -2.57. The highest BCUT2D eigenvalue weighted by Crippen LogP contribution is 2.60. The van der Waals surface area contributed by atoms with Crippen molar-refractivity contribution in [3.8, 4) is 0 Å². The number of nitrogens with two attached hydrogens (primary N) is 1. The highest BCUT2D eigenvalue weighted by Gasteiger charge is 2.53. The number of carbonyl (C=O) groups excluding carboxylic acids is 3. The van der Waals surface area contributed by atoms with Crippen LogP contribution < -0.4 is 26.2 Å². The lowest BCUT2D eigenvalue weighted by molar-refractivity contribution is -0.129. The van der Waals surface area contributed by atoms with Crippen molar-refractivity contribution >= 4 is 34.9 Å². The summed E-state index contributed by atoms with van der Waals surface area (Å²) in [6.45, 7) is 0.227. The van der Waals surface area contributed by atoms with Gasteiger partial charge in [0.05, 0.1) is 18.0 Å². The van der Waals surface area contributed by atoms with E-state index in [2.05, 4.69) is 10.6 Å². The molecule has 4 aliphatic carbocycles. The second-order valence-corrected chi connectivity index (χ2v) is 12.1. The Morgan fingerprint density at radius 2 is 1.44 bits per heavy atom. The number of para-hydroxylation sites is 3. The van der Waals surface area contributed by atoms with Crippen LogP contribution in [0.5, 0.6) is 0 Å². The summed E-state index contributed by atoms with van der Waals surface area (Å²) in [4.78, 5) is 44.5. The van der Waals surface area contributed by atoms with E-state index in [1.807, 2.05) is 30.3 Å². The molecule has 4 saturated carbocycles. The SMILES string of the molecule is N[C@@H](CO)CN1C(=O)C(NC(=O)Nc2ccccc2)C(=O)N(CC23CC4CC(CC(C4)C2)C3)c2ccccc21. The molecule has 5 N–H and O–H groups in total. The van der Waals surface area contributed by atoms with Crippen molar-refractivity contribution in [3.05, 3.63) is 54.6 Å². The summed E-state index contributed by atoms with van der Waals surface area (Å²) >= 11 is 0. The molecule has 9 nitrogen and oxygen atoms in total. The van der Waals surface area contributed by atoms with E-state index in [1.165, 1.54) is 24.2 Å². The third kappa shape index (κ3) is 5.01. The Balaban J connectivity index is 1.35. The van der Waals surface area contributed by atoms with Crippen LogP contribution in [0.3, 0.4) is 0 Å². The molecule has 2 aromatic carbocycles. The summed E-state index contributed by atoms with van der Waals surface area (Å²) in [6, 6.07) is 13.5. The quantitative estimate of drug-likeness (QED) is 0.408. The third-order valence-electron chi connectivity index (χ3n) is 9.11. The largest absolute Gasteiger partial charge is 0.395 e. The topological polar surface area (TPSA) is 128 Å². The van der Waals surface area contributed by atoms with Crippen molar-refractivity contribution in [1.29, 1.82) is 0 Å². The zero-order valence-corrected chi connectivity index (χ0v) is 22.1. The smallest absolute Gasteiger partial charge is 0.320 e. The number of hydrogen-bond donors (Lipinski definition) is 4. The maximum absolute atomic E-state index is 14.3. The normalized spacial score (nSPS) is 30.1. The molecule has 5 aliphatic rings. The van der Waals surface area contributed by atoms with Gasteiger partial charge in [0.1, 0.15) is 0 Å². The van der Waals surface area contributed by atoms with Crippen LogP contribution in [-0.2, 0) is 9.59 Å². The molecule has 9 heteroatoms. The highest BCUT2D eigenvalue weighted by molar-refractivity contribution is 6.21. The van der Waals surface area contributed by atoms with Crippen LogP contribution in [0.15, 0.2) is 54.6 Å². The number of urea groups is 1. The molecule has 39 heavy (non-hydrogen) atoms. The Bertz CT molecular complexity index is 1220. The number of carbonyl (C=O) groups is 3. The van der Waals surface area contributed by atoms with Gasteiger partial charge in [0.2, 0.25) is 0 Å². The first-order chi connectivity index (χ1) is 18.8. The summed E-state index contributed by atoms with van der Waals surface area (Å²) in [5.74, 6) is 1.12. The van der Waals surface area contributed by atoms with Gasteiger partial charge in [0, 0.05) is 24.8 Å². The monoisotopic (exact) mass is 531 g/mol. The van der Waals surface area contributed by atoms with Gasteiger partial charge in [-0.1, -0.05) is 30.3 Å². The average Bonchev–Trinajstić information content (AvgIpc) is 2.99. The standard InChI is InChI=1S/C30H37N5O4/c31-22(17-36)16-34-24-8-4-5-9-25(24)35(18-30-13-19-10-20(14-30)12-21(11-19)15-30)28(38)26(27(34)37)33-29(39)32-23-6-2-1-3-7-23/h1-9,19-22,26,36H,10-18,31H2,(H2,32,33,39)/t19?,20?,21?,22-,26?,30?/m1/s1. The molecule has 1 unspecified atom stereocenters. The molecule has 4 fully saturated rings. The second-order valence-electron chi connectivity index (χ2n) is 12.1. The molecular formula is C30H37N5O4. The van der Waals surface area contributed by atoms with E-state index in [4.69, 9.17) is 5.73 Å². The molecular weight excluding hydrogens is 494 g/mol. The van der Waals surface area contributed by atoms with Crippen LogP contribution >= 0.6 is 0 Å². The van der Waals surface area contributed by atoms with Crippen molar-refractivity contribution in [1.82, 2.24) is 5.32 Å². The Morgan fingerprint density at radius 3 is 2.03 bits per heavy atom. The molecule has 4 bridgehead atoms. The Kier molecular flexibility index (Phi) is 6.81. The van der Waals surface area contributed by atoms with Crippen LogP contribution in [0, 0.1) is 23.2 Å². The fourth-order valence-corrected chi connectivity index (χ4v) is 7.98. The number of anilines is 3. The van der Waals surface area contributed by atoms with E-state index in [-0.39, 0.29) is 18.6 Å². The first-order valence-electron chi connectivity index (χ1n) is 14.0. The van der Waals surface area contributed by atoms with Gasteiger partial charge in [-0.3, -0.25) is 9.59 Å². The first-order valence-corrected chi connectivity index (χ1v) is 14.0. The van der Waals surface area contributed by atoms with Gasteiger partial charge in [-0.05, 0) is 86.0 Å². The van der Waals surface area contributed by atoms with E-state index < -0.39 is 29.9 Å². The zero-order valence-electron chi connectivity index (χ0n) is 22.1. The number of hydrogen-bond acceptors (Lipinski definition) is 5. The summed E-state index contributed by atoms with van der Waals surface area (Å²) < 4.78 is 0. The number of benzene rings is 2. The maximum Gasteiger partial charge on any atom is 0.320 e. The minimum atomic E-state index is -1.43. The van der Waals surface area contributed by atoms with Gasteiger partial charge in [0.15, 0.2) is 6.04 Å². The van der Waals surface area contributed by atoms with Gasteiger partial charge < -0.3 is 31.3 Å². The number of aliphatic hydroxyl groups is 1. The van der Waals surface area contributed by atoms with Crippen LogP contribution in [0.4, 0.5) is 21.9 Å². The van der Waals surface area contributed by atoms with Gasteiger partial charge in [-0.25, -0.2) is 4.79 Å². The molecule has 0 saturated heterocycles. The van der Waals surface area contributed by atoms with E-state index in [9.17, 15) is 19.5 Å². The molecule has 2 aromatic rings. The molecule has 1 aliphatic heterocycles. The molecule has 0 spiro atoms. The number of amides is 4. The van der Waals surface area contributed by atoms with Crippen LogP contribution in [0.1, 0.15) is 38.5 Å². The fourth-order valence-electron chi connectivity index (χ4n) is 7.98. The van der Waals surface area contributed by atoms with Gasteiger partial charge >= 0.3 is 6.03 Å². The first kappa shape index (κ1) is 25.8. The molecule has 2 atom stereocenters. The van der Waals surface area contributed by atoms with E-state index in [0.29, 0.717) is 41.4 Å². The predicted molar refractivity (Wildman–Crippen MR) is 149 cm³/mol. The molecule has 4 amide bonds. The van der Waals surface area contributed by atoms with E-state index in [0.717, 1.165) is 19.3 Å². The van der Waals surface area contributed by atoms with Gasteiger partial charge in [-0.2, -0.15) is 0 Å². The second kappa shape index (κ2) is 10.3. The average molecular weight is 532 g/mol. The summed E-state index contributed by atoms with van der Waals surface area (Å²) in [6.07, 6.45) is 7.18. The molecule has 0 radical (unpaired) electrons. The Hall–Kier alpha value is -3.43. The van der Waals surface area contributed by atoms with Crippen molar-refractivity contribution in [2.45, 2.75) is 50.6 Å². The van der Waals surface area contributed by atoms with Crippen molar-refractivity contribution in [2.24, 2.45) is 28.9 Å². The summed E-state index contributed by atoms with van der Waals surface area (Å²) in [5.41, 5.74) is 7.87. The number of aliphatic hydroxyl groups excluding tert-OH is 1. The van der Waals surface area contributed by atoms with Crippen LogP contribution in [-0.4, -0.2) is 54.7 Å². The minimum absolute atomic E-state index is 0.0172. The summed E-state index contributed by atoms with van der Waals surface area (Å²) in [7, 11) is 0. The van der Waals surface area contributed by atoms with Crippen LogP contribution in [0.25, 0.3) is 0 Å². The van der Waals surface area contributed by atoms with Crippen LogP contribution in [0.2, 0.25) is 0 Å². The Labute approximate surface area is 228 Å². The molecule has 0 aromatic heterocycles. The lowest BCUT2D eigenvalue weighted by atomic mass is 9.49. The number of nitrogens with one attached hydrogen (secondary N) is 2. The van der Waals surface area contributed by atoms with E-state index >= 15 is 0 Å². The van der Waals surface area contributed by atoms with Crippen molar-refractivity contribution < 1.29 is 19.5 Å². The maximum atomic E-state index is 14.3. The number of rotatable bonds is 7. The molecule has 206 valence electrons. The molecule has 1 heterocycles. The highest BCUT2D eigenvalue weighted by atomic mass is 16.3. The lowest BCUT2D eigenvalue weighted by Crippen LogP contribution is -2.59. The predicted octanol–water partition coefficient (Wildman–Crippen LogP) is 3.09. The number of nitrogens with zero attached hydrogens (tertiary/aromatic N) is 2. The summed E-state index contributed by atoms with van der Waals surface area (Å²) in [5, 5.41) is 15.1. The molecule has 7 rings (SSSR count). The van der Waals surface area contributed by atoms with Crippen molar-refractivity contribution in [2.75, 3.05) is 34.8 Å². The van der Waals surface area contributed by atoms with Gasteiger partial charge in [0.25, 0.3) is 11.8 Å².